The van der Waals surface area contributed by atoms with Gasteiger partial charge in [-0.15, -0.1) is 0 Å². The fourth-order valence-electron chi connectivity index (χ4n) is 2.57. The van der Waals surface area contributed by atoms with E-state index in [-0.39, 0.29) is 18.5 Å². The monoisotopic (exact) mass is 262 g/mol. The van der Waals surface area contributed by atoms with Crippen LogP contribution in [0.5, 0.6) is 0 Å². The van der Waals surface area contributed by atoms with Crippen LogP contribution in [0.3, 0.4) is 0 Å². The summed E-state index contributed by atoms with van der Waals surface area (Å²) in [7, 11) is 0. The minimum absolute atomic E-state index is 0.0455. The van der Waals surface area contributed by atoms with Crippen LogP contribution in [0.4, 0.5) is 0 Å². The highest BCUT2D eigenvalue weighted by Gasteiger charge is 2.29. The molecule has 5 nitrogen and oxygen atoms in total. The lowest BCUT2D eigenvalue weighted by molar-refractivity contribution is -0.138. The molecule has 1 aromatic rings. The third-order valence-corrected chi connectivity index (χ3v) is 3.45. The third-order valence-electron chi connectivity index (χ3n) is 3.45. The zero-order chi connectivity index (χ0) is 13.8. The first-order chi connectivity index (χ1) is 9.08. The molecule has 1 aromatic heterocycles. The minimum Gasteiger partial charge on any atom is -0.480 e. The maximum absolute atomic E-state index is 12.4. The third kappa shape index (κ3) is 3.30. The number of carboxylic acids is 1. The quantitative estimate of drug-likeness (QED) is 0.899. The van der Waals surface area contributed by atoms with E-state index in [0.29, 0.717) is 5.56 Å². The highest BCUT2D eigenvalue weighted by atomic mass is 16.4. The predicted octanol–water partition coefficient (Wildman–Crippen LogP) is 1.86. The molecule has 0 aliphatic heterocycles. The van der Waals surface area contributed by atoms with Crippen molar-refractivity contribution in [1.82, 2.24) is 9.88 Å². The first-order valence-electron chi connectivity index (χ1n) is 6.52. The van der Waals surface area contributed by atoms with Gasteiger partial charge in [0.05, 0.1) is 5.56 Å². The van der Waals surface area contributed by atoms with Crippen LogP contribution in [-0.4, -0.2) is 39.5 Å². The molecule has 19 heavy (non-hydrogen) atoms. The topological polar surface area (TPSA) is 70.5 Å². The molecule has 0 spiro atoms. The molecule has 1 fully saturated rings. The molecule has 0 radical (unpaired) electrons. The Morgan fingerprint density at radius 2 is 2.05 bits per heavy atom. The number of rotatable bonds is 4. The molecule has 102 valence electrons. The molecular formula is C14H18N2O3. The lowest BCUT2D eigenvalue weighted by Gasteiger charge is -2.27. The summed E-state index contributed by atoms with van der Waals surface area (Å²) in [4.78, 5) is 28.9. The van der Waals surface area contributed by atoms with Crippen molar-refractivity contribution in [3.05, 3.63) is 29.6 Å². The van der Waals surface area contributed by atoms with Gasteiger partial charge in [-0.3, -0.25) is 14.6 Å². The van der Waals surface area contributed by atoms with Crippen molar-refractivity contribution < 1.29 is 14.7 Å². The van der Waals surface area contributed by atoms with Crippen LogP contribution in [0.15, 0.2) is 18.5 Å². The van der Waals surface area contributed by atoms with Crippen molar-refractivity contribution >= 4 is 11.9 Å². The molecule has 1 heterocycles. The maximum atomic E-state index is 12.4. The molecule has 0 atom stereocenters. The van der Waals surface area contributed by atoms with Gasteiger partial charge in [-0.1, -0.05) is 12.8 Å². The van der Waals surface area contributed by atoms with Gasteiger partial charge in [0, 0.05) is 18.4 Å². The number of nitrogens with zero attached hydrogens (tertiary/aromatic N) is 2. The highest BCUT2D eigenvalue weighted by Crippen LogP contribution is 2.24. The Bertz CT molecular complexity index is 481. The fraction of sp³-hybridized carbons (Fsp3) is 0.500. The average Bonchev–Trinajstić information content (AvgIpc) is 2.88. The molecular weight excluding hydrogens is 244 g/mol. The van der Waals surface area contributed by atoms with E-state index < -0.39 is 5.97 Å². The molecule has 0 bridgehead atoms. The Morgan fingerprint density at radius 3 is 2.63 bits per heavy atom. The lowest BCUT2D eigenvalue weighted by atomic mass is 10.1. The van der Waals surface area contributed by atoms with Crippen molar-refractivity contribution in [2.24, 2.45) is 0 Å². The molecule has 5 heteroatoms. The van der Waals surface area contributed by atoms with E-state index in [9.17, 15) is 9.59 Å². The second-order valence-electron chi connectivity index (χ2n) is 5.02. The number of aliphatic carboxylic acids is 1. The summed E-state index contributed by atoms with van der Waals surface area (Å²) < 4.78 is 0. The summed E-state index contributed by atoms with van der Waals surface area (Å²) in [5.41, 5.74) is 1.36. The smallest absolute Gasteiger partial charge is 0.323 e. The van der Waals surface area contributed by atoms with Crippen molar-refractivity contribution in [3.8, 4) is 0 Å². The number of hydrogen-bond donors (Lipinski definition) is 1. The lowest BCUT2D eigenvalue weighted by Crippen LogP contribution is -2.42. The zero-order valence-electron chi connectivity index (χ0n) is 11.0. The summed E-state index contributed by atoms with van der Waals surface area (Å²) in [6.45, 7) is 1.62. The summed E-state index contributed by atoms with van der Waals surface area (Å²) in [5.74, 6) is -1.20. The first kappa shape index (κ1) is 13.5. The molecule has 0 saturated heterocycles. The van der Waals surface area contributed by atoms with E-state index in [1.807, 2.05) is 6.92 Å². The van der Waals surface area contributed by atoms with Gasteiger partial charge in [-0.2, -0.15) is 0 Å². The summed E-state index contributed by atoms with van der Waals surface area (Å²) in [5, 5.41) is 8.99. The second-order valence-corrected chi connectivity index (χ2v) is 5.02. The molecule has 1 amide bonds. The molecule has 1 N–H and O–H groups in total. The normalized spacial score (nSPS) is 15.4. The Balaban J connectivity index is 2.21. The van der Waals surface area contributed by atoms with Crippen molar-refractivity contribution in [2.75, 3.05) is 6.54 Å². The Hall–Kier alpha value is -1.91. The molecule has 0 unspecified atom stereocenters. The molecule has 0 aromatic carbocycles. The summed E-state index contributed by atoms with van der Waals surface area (Å²) >= 11 is 0. The number of hydrogen-bond acceptors (Lipinski definition) is 3. The van der Waals surface area contributed by atoms with Crippen LogP contribution in [0.1, 0.15) is 41.6 Å². The van der Waals surface area contributed by atoms with Gasteiger partial charge in [-0.05, 0) is 31.4 Å². The van der Waals surface area contributed by atoms with Crippen LogP contribution < -0.4 is 0 Å². The van der Waals surface area contributed by atoms with E-state index >= 15 is 0 Å². The SMILES string of the molecule is Cc1cncc(C(=O)N(CC(=O)O)C2CCCC2)c1. The summed E-state index contributed by atoms with van der Waals surface area (Å²) in [6.07, 6.45) is 7.06. The number of carbonyl (C=O) groups excluding carboxylic acids is 1. The standard InChI is InChI=1S/C14H18N2O3/c1-10-6-11(8-15-7-10)14(19)16(9-13(17)18)12-4-2-3-5-12/h6-8,12H,2-5,9H2,1H3,(H,17,18). The number of aryl methyl sites for hydroxylation is 1. The van der Waals surface area contributed by atoms with Gasteiger partial charge in [0.25, 0.3) is 5.91 Å². The van der Waals surface area contributed by atoms with Crippen LogP contribution in [0.2, 0.25) is 0 Å². The van der Waals surface area contributed by atoms with Gasteiger partial charge >= 0.3 is 5.97 Å². The number of aromatic nitrogens is 1. The van der Waals surface area contributed by atoms with E-state index in [0.717, 1.165) is 31.2 Å². The molecule has 1 saturated carbocycles. The van der Waals surface area contributed by atoms with Crippen molar-refractivity contribution in [3.63, 3.8) is 0 Å². The van der Waals surface area contributed by atoms with Gasteiger partial charge in [0.2, 0.25) is 0 Å². The molecule has 2 rings (SSSR count). The van der Waals surface area contributed by atoms with Crippen LogP contribution in [-0.2, 0) is 4.79 Å². The Labute approximate surface area is 112 Å². The van der Waals surface area contributed by atoms with E-state index in [2.05, 4.69) is 4.98 Å². The van der Waals surface area contributed by atoms with Crippen molar-refractivity contribution in [2.45, 2.75) is 38.6 Å². The zero-order valence-corrected chi connectivity index (χ0v) is 11.0. The van der Waals surface area contributed by atoms with Crippen LogP contribution in [0, 0.1) is 6.92 Å². The van der Waals surface area contributed by atoms with Crippen LogP contribution in [0.25, 0.3) is 0 Å². The Morgan fingerprint density at radius 1 is 1.37 bits per heavy atom. The number of carboxylic acid groups (broad SMARTS) is 1. The summed E-state index contributed by atoms with van der Waals surface area (Å²) in [6, 6.07) is 1.79. The van der Waals surface area contributed by atoms with Crippen LogP contribution >= 0.6 is 0 Å². The van der Waals surface area contributed by atoms with E-state index in [1.165, 1.54) is 11.1 Å². The van der Waals surface area contributed by atoms with E-state index in [1.54, 1.807) is 12.3 Å². The largest absolute Gasteiger partial charge is 0.480 e. The molecule has 1 aliphatic carbocycles. The van der Waals surface area contributed by atoms with Gasteiger partial charge in [-0.25, -0.2) is 0 Å². The fourth-order valence-corrected chi connectivity index (χ4v) is 2.57. The first-order valence-corrected chi connectivity index (χ1v) is 6.52. The average molecular weight is 262 g/mol. The molecule has 1 aliphatic rings. The van der Waals surface area contributed by atoms with E-state index in [4.69, 9.17) is 5.11 Å². The number of pyridine rings is 1. The highest BCUT2D eigenvalue weighted by molar-refractivity contribution is 5.96. The second kappa shape index (κ2) is 5.82. The number of carbonyl (C=O) groups is 2. The maximum Gasteiger partial charge on any atom is 0.323 e. The predicted molar refractivity (Wildman–Crippen MR) is 69.9 cm³/mol. The number of amides is 1. The van der Waals surface area contributed by atoms with Gasteiger partial charge in [0.1, 0.15) is 6.54 Å². The van der Waals surface area contributed by atoms with Gasteiger partial charge in [0.15, 0.2) is 0 Å². The Kier molecular flexibility index (Phi) is 4.14. The van der Waals surface area contributed by atoms with Gasteiger partial charge < -0.3 is 10.0 Å². The minimum atomic E-state index is -0.971. The van der Waals surface area contributed by atoms with Crippen molar-refractivity contribution in [1.29, 1.82) is 0 Å².